The predicted molar refractivity (Wildman–Crippen MR) is 135 cm³/mol. The molecule has 0 unspecified atom stereocenters. The number of carbonyl (C=O) groups excluding carboxylic acids is 2. The van der Waals surface area contributed by atoms with Crippen LogP contribution in [0.1, 0.15) is 22.6 Å². The summed E-state index contributed by atoms with van der Waals surface area (Å²) in [7, 11) is 2.60. The van der Waals surface area contributed by atoms with Crippen molar-refractivity contribution in [3.05, 3.63) is 106 Å². The molecule has 0 saturated carbocycles. The number of fused-ring (bicyclic) bond motifs is 3. The van der Waals surface area contributed by atoms with Crippen molar-refractivity contribution in [2.45, 2.75) is 24.2 Å². The van der Waals surface area contributed by atoms with E-state index in [1.807, 2.05) is 0 Å². The number of urea groups is 1. The van der Waals surface area contributed by atoms with E-state index in [0.29, 0.717) is 16.2 Å². The van der Waals surface area contributed by atoms with Gasteiger partial charge in [0.15, 0.2) is 5.54 Å². The maximum atomic E-state index is 15.5. The largest absolute Gasteiger partial charge is 0.497 e. The average molecular weight is 543 g/mol. The molecule has 2 aliphatic heterocycles. The van der Waals surface area contributed by atoms with E-state index in [2.05, 4.69) is 0 Å². The molecule has 38 heavy (non-hydrogen) atoms. The molecule has 2 amide bonds. The molecule has 0 saturated heterocycles. The Balaban J connectivity index is 1.78. The van der Waals surface area contributed by atoms with Crippen LogP contribution >= 0.6 is 11.6 Å². The highest BCUT2D eigenvalue weighted by molar-refractivity contribution is 6.30. The Morgan fingerprint density at radius 3 is 2.32 bits per heavy atom. The highest BCUT2D eigenvalue weighted by atomic mass is 35.5. The van der Waals surface area contributed by atoms with Gasteiger partial charge < -0.3 is 9.47 Å². The quantitative estimate of drug-likeness (QED) is 0.350. The first-order chi connectivity index (χ1) is 18.1. The van der Waals surface area contributed by atoms with E-state index in [1.54, 1.807) is 42.5 Å². The highest BCUT2D eigenvalue weighted by Gasteiger charge is 2.72. The lowest BCUT2D eigenvalue weighted by Gasteiger charge is -2.50. The fraction of sp³-hybridized carbons (Fsp3) is 0.214. The maximum Gasteiger partial charge on any atom is 0.417 e. The minimum absolute atomic E-state index is 0.0285. The molecule has 6 nitrogen and oxygen atoms in total. The Kier molecular flexibility index (Phi) is 6.35. The van der Waals surface area contributed by atoms with Crippen LogP contribution in [0.2, 0.25) is 5.02 Å². The van der Waals surface area contributed by atoms with E-state index < -0.39 is 29.6 Å². The van der Waals surface area contributed by atoms with Crippen LogP contribution in [0.4, 0.5) is 23.7 Å². The van der Waals surface area contributed by atoms with Gasteiger partial charge in [0.2, 0.25) is 0 Å². The molecule has 3 aromatic carbocycles. The molecule has 3 aromatic rings. The van der Waals surface area contributed by atoms with Crippen LogP contribution < -0.4 is 9.64 Å². The van der Waals surface area contributed by atoms with Crippen molar-refractivity contribution < 1.29 is 32.2 Å². The second kappa shape index (κ2) is 9.40. The summed E-state index contributed by atoms with van der Waals surface area (Å²) < 4.78 is 56.6. The van der Waals surface area contributed by atoms with E-state index >= 15 is 13.2 Å². The molecule has 2 atom stereocenters. The lowest BCUT2D eigenvalue weighted by atomic mass is 9.70. The van der Waals surface area contributed by atoms with E-state index in [-0.39, 0.29) is 34.0 Å². The molecule has 0 spiro atoms. The third-order valence-electron chi connectivity index (χ3n) is 6.96. The number of amides is 2. The second-order valence-corrected chi connectivity index (χ2v) is 9.37. The lowest BCUT2D eigenvalue weighted by molar-refractivity contribution is -0.223. The summed E-state index contributed by atoms with van der Waals surface area (Å²) in [6.45, 7) is -0.0285. The number of ether oxygens (including phenoxy) is 2. The summed E-state index contributed by atoms with van der Waals surface area (Å²) in [6.07, 6.45) is -4.05. The first kappa shape index (κ1) is 25.7. The molecule has 2 heterocycles. The molecular weight excluding hydrogens is 521 g/mol. The number of carbonyl (C=O) groups is 2. The summed E-state index contributed by atoms with van der Waals surface area (Å²) in [6, 6.07) is 17.8. The Labute approximate surface area is 221 Å². The number of hydrogen-bond donors (Lipinski definition) is 0. The van der Waals surface area contributed by atoms with E-state index in [4.69, 9.17) is 21.1 Å². The first-order valence-corrected chi connectivity index (χ1v) is 12.0. The SMILES string of the molecule is COC(=O)C1=CN2C(=O)N(Cc3ccc(OC)cc3)c3ccc(Cl)cc3[C@]2(C(F)(F)F)[C@@H]1c1ccccc1. The first-order valence-electron chi connectivity index (χ1n) is 11.6. The normalized spacial score (nSPS) is 20.5. The van der Waals surface area contributed by atoms with Gasteiger partial charge in [0, 0.05) is 16.8 Å². The van der Waals surface area contributed by atoms with Gasteiger partial charge in [-0.05, 0) is 41.5 Å². The van der Waals surface area contributed by atoms with Gasteiger partial charge in [-0.3, -0.25) is 9.80 Å². The van der Waals surface area contributed by atoms with Crippen molar-refractivity contribution in [1.29, 1.82) is 0 Å². The fourth-order valence-corrected chi connectivity index (χ4v) is 5.50. The monoisotopic (exact) mass is 542 g/mol. The predicted octanol–water partition coefficient (Wildman–Crippen LogP) is 6.40. The molecule has 0 aliphatic carbocycles. The van der Waals surface area contributed by atoms with Crippen molar-refractivity contribution in [2.75, 3.05) is 19.1 Å². The van der Waals surface area contributed by atoms with Gasteiger partial charge in [0.25, 0.3) is 0 Å². The summed E-state index contributed by atoms with van der Waals surface area (Å²) in [5.41, 5.74) is -2.56. The van der Waals surface area contributed by atoms with Crippen LogP contribution in [0.5, 0.6) is 5.75 Å². The van der Waals surface area contributed by atoms with Crippen molar-refractivity contribution in [3.63, 3.8) is 0 Å². The van der Waals surface area contributed by atoms with Crippen molar-refractivity contribution in [2.24, 2.45) is 0 Å². The van der Waals surface area contributed by atoms with Gasteiger partial charge in [0.05, 0.1) is 37.9 Å². The van der Waals surface area contributed by atoms with Gasteiger partial charge in [0.1, 0.15) is 5.75 Å². The third kappa shape index (κ3) is 3.80. The molecule has 196 valence electrons. The van der Waals surface area contributed by atoms with Crippen molar-refractivity contribution >= 4 is 29.3 Å². The fourth-order valence-electron chi connectivity index (χ4n) is 5.33. The van der Waals surface area contributed by atoms with Crippen LogP contribution in [0.3, 0.4) is 0 Å². The van der Waals surface area contributed by atoms with Crippen LogP contribution in [-0.2, 0) is 21.6 Å². The number of hydrogen-bond acceptors (Lipinski definition) is 4. The molecular formula is C28H22ClF3N2O4. The smallest absolute Gasteiger partial charge is 0.417 e. The molecule has 0 aromatic heterocycles. The number of alkyl halides is 3. The minimum atomic E-state index is -5.01. The number of rotatable bonds is 5. The van der Waals surface area contributed by atoms with Crippen LogP contribution in [0.25, 0.3) is 0 Å². The van der Waals surface area contributed by atoms with Crippen molar-refractivity contribution in [1.82, 2.24) is 4.90 Å². The summed E-state index contributed by atoms with van der Waals surface area (Å²) in [4.78, 5) is 28.7. The van der Waals surface area contributed by atoms with Crippen LogP contribution in [0.15, 0.2) is 84.6 Å². The average Bonchev–Trinajstić information content (AvgIpc) is 3.29. The highest BCUT2D eigenvalue weighted by Crippen LogP contribution is 2.63. The molecule has 0 fully saturated rings. The summed E-state index contributed by atoms with van der Waals surface area (Å²) in [5, 5.41) is 0.0596. The zero-order valence-corrected chi connectivity index (χ0v) is 21.1. The lowest BCUT2D eigenvalue weighted by Crippen LogP contribution is -2.63. The van der Waals surface area contributed by atoms with Crippen molar-refractivity contribution in [3.8, 4) is 5.75 Å². The third-order valence-corrected chi connectivity index (χ3v) is 7.19. The summed E-state index contributed by atoms with van der Waals surface area (Å²) >= 11 is 6.26. The Morgan fingerprint density at radius 1 is 1.03 bits per heavy atom. The standard InChI is InChI=1S/C28H22ClF3N2O4/c1-37-20-11-8-17(9-12-20)15-33-23-13-10-19(29)14-22(23)27(28(30,31)32)24(18-6-4-3-5-7-18)21(25(35)38-2)16-34(27)26(33)36/h3-14,16,24H,15H2,1-2H3/t24-,27-/m1/s1. The number of esters is 1. The zero-order chi connectivity index (χ0) is 27.2. The second-order valence-electron chi connectivity index (χ2n) is 8.93. The van der Waals surface area contributed by atoms with Crippen LogP contribution in [0, 0.1) is 0 Å². The molecule has 0 radical (unpaired) electrons. The van der Waals surface area contributed by atoms with E-state index in [1.165, 1.54) is 42.3 Å². The zero-order valence-electron chi connectivity index (χ0n) is 20.3. The number of anilines is 1. The van der Waals surface area contributed by atoms with Gasteiger partial charge in [-0.1, -0.05) is 54.1 Å². The number of nitrogens with zero attached hydrogens (tertiary/aromatic N) is 2. The van der Waals surface area contributed by atoms with Gasteiger partial charge in [-0.25, -0.2) is 9.59 Å². The van der Waals surface area contributed by atoms with E-state index in [9.17, 15) is 9.59 Å². The molecule has 10 heteroatoms. The Morgan fingerprint density at radius 2 is 1.71 bits per heavy atom. The molecule has 5 rings (SSSR count). The van der Waals surface area contributed by atoms with Gasteiger partial charge in [-0.15, -0.1) is 0 Å². The molecule has 0 bridgehead atoms. The number of halogens is 4. The minimum Gasteiger partial charge on any atom is -0.497 e. The Hall–Kier alpha value is -3.98. The summed E-state index contributed by atoms with van der Waals surface area (Å²) in [5.74, 6) is -1.96. The van der Waals surface area contributed by atoms with Crippen LogP contribution in [-0.4, -0.2) is 37.3 Å². The molecule has 0 N–H and O–H groups in total. The topological polar surface area (TPSA) is 59.1 Å². The van der Waals surface area contributed by atoms with Gasteiger partial charge in [-0.2, -0.15) is 13.2 Å². The number of benzene rings is 3. The number of methoxy groups -OCH3 is 2. The maximum absolute atomic E-state index is 15.5. The van der Waals surface area contributed by atoms with Gasteiger partial charge >= 0.3 is 18.2 Å². The molecule has 2 aliphatic rings. The Bertz CT molecular complexity index is 1430. The van der Waals surface area contributed by atoms with E-state index in [0.717, 1.165) is 13.3 Å².